The summed E-state index contributed by atoms with van der Waals surface area (Å²) in [7, 11) is 0. The number of allylic oxidation sites excluding steroid dienone is 1. The van der Waals surface area contributed by atoms with Crippen molar-refractivity contribution in [1.29, 1.82) is 0 Å². The number of carboxylic acids is 1. The smallest absolute Gasteiger partial charge is 0.328 e. The zero-order valence-corrected chi connectivity index (χ0v) is 15.1. The van der Waals surface area contributed by atoms with E-state index < -0.39 is 5.97 Å². The Labute approximate surface area is 158 Å². The monoisotopic (exact) mass is 366 g/mol. The molecular weight excluding hydrogens is 343 g/mol. The molecule has 0 heterocycles. The van der Waals surface area contributed by atoms with Crippen molar-refractivity contribution in [3.63, 3.8) is 0 Å². The van der Waals surface area contributed by atoms with Crippen LogP contribution >= 0.6 is 0 Å². The molecule has 140 valence electrons. The number of hydrogen-bond donors (Lipinski definition) is 2. The van der Waals surface area contributed by atoms with Crippen molar-refractivity contribution in [3.05, 3.63) is 76.6 Å². The molecule has 1 fully saturated rings. The number of carbonyl (C=O) groups is 1. The van der Waals surface area contributed by atoms with Crippen LogP contribution in [0.4, 0.5) is 4.39 Å². The van der Waals surface area contributed by atoms with Gasteiger partial charge in [0.2, 0.25) is 0 Å². The van der Waals surface area contributed by atoms with Crippen LogP contribution in [0.15, 0.2) is 54.1 Å². The standard InChI is InChI=1S/C23H23FO3/c24-21-15-16(8-14-22(26)27)7-13-20(21)23(17-5-3-1-2-4-6-17)18-9-11-19(25)12-10-18/h7-15,25H,1-6H2,(H,26,27)/b14-8+. The fourth-order valence-corrected chi connectivity index (χ4v) is 3.59. The average Bonchev–Trinajstić information content (AvgIpc) is 2.92. The first-order valence-corrected chi connectivity index (χ1v) is 9.27. The van der Waals surface area contributed by atoms with E-state index >= 15 is 0 Å². The van der Waals surface area contributed by atoms with Gasteiger partial charge in [-0.3, -0.25) is 0 Å². The van der Waals surface area contributed by atoms with Gasteiger partial charge in [0.15, 0.2) is 0 Å². The van der Waals surface area contributed by atoms with Crippen LogP contribution in [0.5, 0.6) is 5.75 Å². The number of aromatic hydroxyl groups is 1. The van der Waals surface area contributed by atoms with E-state index in [4.69, 9.17) is 5.11 Å². The molecule has 0 atom stereocenters. The van der Waals surface area contributed by atoms with Crippen LogP contribution < -0.4 is 0 Å². The molecule has 4 heteroatoms. The molecule has 1 saturated carbocycles. The second-order valence-electron chi connectivity index (χ2n) is 6.85. The minimum Gasteiger partial charge on any atom is -0.508 e. The highest BCUT2D eigenvalue weighted by atomic mass is 19.1. The van der Waals surface area contributed by atoms with E-state index in [9.17, 15) is 14.3 Å². The highest BCUT2D eigenvalue weighted by Crippen LogP contribution is 2.36. The zero-order chi connectivity index (χ0) is 19.2. The van der Waals surface area contributed by atoms with Crippen LogP contribution in [0.25, 0.3) is 11.6 Å². The molecule has 2 N–H and O–H groups in total. The van der Waals surface area contributed by atoms with Crippen molar-refractivity contribution in [3.8, 4) is 5.75 Å². The Bertz CT molecular complexity index is 869. The third-order valence-electron chi connectivity index (χ3n) is 4.90. The number of benzene rings is 2. The Hall–Kier alpha value is -2.88. The topological polar surface area (TPSA) is 57.5 Å². The lowest BCUT2D eigenvalue weighted by molar-refractivity contribution is -0.131. The van der Waals surface area contributed by atoms with E-state index in [0.717, 1.165) is 42.9 Å². The zero-order valence-electron chi connectivity index (χ0n) is 15.1. The first-order chi connectivity index (χ1) is 13.0. The van der Waals surface area contributed by atoms with Crippen molar-refractivity contribution in [1.82, 2.24) is 0 Å². The molecule has 0 saturated heterocycles. The second kappa shape index (κ2) is 8.67. The van der Waals surface area contributed by atoms with Crippen LogP contribution in [0.3, 0.4) is 0 Å². The molecule has 3 nitrogen and oxygen atoms in total. The molecule has 0 aliphatic heterocycles. The molecule has 27 heavy (non-hydrogen) atoms. The minimum atomic E-state index is -1.06. The molecule has 0 amide bonds. The van der Waals surface area contributed by atoms with Gasteiger partial charge in [-0.2, -0.15) is 0 Å². The largest absolute Gasteiger partial charge is 0.508 e. The summed E-state index contributed by atoms with van der Waals surface area (Å²) in [4.78, 5) is 10.7. The average molecular weight is 366 g/mol. The fourth-order valence-electron chi connectivity index (χ4n) is 3.59. The van der Waals surface area contributed by atoms with E-state index in [1.807, 2.05) is 12.1 Å². The number of phenols is 1. The number of hydrogen-bond acceptors (Lipinski definition) is 2. The van der Waals surface area contributed by atoms with Crippen molar-refractivity contribution in [2.45, 2.75) is 38.5 Å². The fraction of sp³-hybridized carbons (Fsp3) is 0.261. The highest BCUT2D eigenvalue weighted by Gasteiger charge is 2.17. The van der Waals surface area contributed by atoms with Gasteiger partial charge in [-0.05, 0) is 66.7 Å². The van der Waals surface area contributed by atoms with Crippen molar-refractivity contribution in [2.24, 2.45) is 0 Å². The lowest BCUT2D eigenvalue weighted by Gasteiger charge is -2.16. The molecule has 0 radical (unpaired) electrons. The summed E-state index contributed by atoms with van der Waals surface area (Å²) >= 11 is 0. The summed E-state index contributed by atoms with van der Waals surface area (Å²) in [5, 5.41) is 18.4. The molecule has 0 spiro atoms. The maximum Gasteiger partial charge on any atom is 0.328 e. The maximum atomic E-state index is 15.0. The SMILES string of the molecule is O=C(O)/C=C/c1ccc(C(=C2CCCCCC2)c2ccc(O)cc2)c(F)c1. The van der Waals surface area contributed by atoms with Gasteiger partial charge in [-0.15, -0.1) is 0 Å². The van der Waals surface area contributed by atoms with Crippen LogP contribution in [-0.2, 0) is 4.79 Å². The number of halogens is 1. The number of carboxylic acid groups (broad SMARTS) is 1. The van der Waals surface area contributed by atoms with Crippen molar-refractivity contribution >= 4 is 17.6 Å². The van der Waals surface area contributed by atoms with Crippen LogP contribution in [-0.4, -0.2) is 16.2 Å². The summed E-state index contributed by atoms with van der Waals surface area (Å²) < 4.78 is 15.0. The van der Waals surface area contributed by atoms with Gasteiger partial charge in [0.25, 0.3) is 0 Å². The van der Waals surface area contributed by atoms with Gasteiger partial charge in [-0.25, -0.2) is 9.18 Å². The number of rotatable bonds is 4. The molecular formula is C23H23FO3. The normalized spacial score (nSPS) is 14.9. The number of phenolic OH excluding ortho intramolecular Hbond substituents is 1. The quantitative estimate of drug-likeness (QED) is 0.532. The maximum absolute atomic E-state index is 15.0. The Morgan fingerprint density at radius 1 is 0.963 bits per heavy atom. The van der Waals surface area contributed by atoms with Gasteiger partial charge in [-0.1, -0.05) is 42.7 Å². The molecule has 2 aromatic carbocycles. The van der Waals surface area contributed by atoms with E-state index in [0.29, 0.717) is 11.1 Å². The van der Waals surface area contributed by atoms with Crippen LogP contribution in [0.1, 0.15) is 55.2 Å². The lowest BCUT2D eigenvalue weighted by Crippen LogP contribution is -1.98. The molecule has 1 aliphatic rings. The minimum absolute atomic E-state index is 0.179. The van der Waals surface area contributed by atoms with E-state index in [2.05, 4.69) is 0 Å². The highest BCUT2D eigenvalue weighted by molar-refractivity contribution is 5.86. The Morgan fingerprint density at radius 3 is 2.22 bits per heavy atom. The Morgan fingerprint density at radius 2 is 1.63 bits per heavy atom. The van der Waals surface area contributed by atoms with E-state index in [1.54, 1.807) is 24.3 Å². The Kier molecular flexibility index (Phi) is 6.07. The lowest BCUT2D eigenvalue weighted by atomic mass is 9.89. The number of aliphatic carboxylic acids is 1. The van der Waals surface area contributed by atoms with Gasteiger partial charge >= 0.3 is 5.97 Å². The molecule has 0 aromatic heterocycles. The molecule has 3 rings (SSSR count). The van der Waals surface area contributed by atoms with Gasteiger partial charge in [0, 0.05) is 11.6 Å². The summed E-state index contributed by atoms with van der Waals surface area (Å²) in [6, 6.07) is 11.7. The van der Waals surface area contributed by atoms with Gasteiger partial charge in [0.1, 0.15) is 11.6 Å². The predicted molar refractivity (Wildman–Crippen MR) is 105 cm³/mol. The second-order valence-corrected chi connectivity index (χ2v) is 6.85. The summed E-state index contributed by atoms with van der Waals surface area (Å²) in [5.41, 5.74) is 4.05. The van der Waals surface area contributed by atoms with E-state index in [-0.39, 0.29) is 11.6 Å². The van der Waals surface area contributed by atoms with Gasteiger partial charge in [0.05, 0.1) is 0 Å². The Balaban J connectivity index is 2.09. The third kappa shape index (κ3) is 4.85. The summed E-state index contributed by atoms with van der Waals surface area (Å²) in [6.07, 6.45) is 8.83. The van der Waals surface area contributed by atoms with Crippen molar-refractivity contribution in [2.75, 3.05) is 0 Å². The summed E-state index contributed by atoms with van der Waals surface area (Å²) in [6.45, 7) is 0. The first-order valence-electron chi connectivity index (χ1n) is 9.27. The molecule has 0 unspecified atom stereocenters. The van der Waals surface area contributed by atoms with Crippen LogP contribution in [0.2, 0.25) is 0 Å². The third-order valence-corrected chi connectivity index (χ3v) is 4.90. The molecule has 1 aliphatic carbocycles. The van der Waals surface area contributed by atoms with Crippen LogP contribution in [0, 0.1) is 5.82 Å². The predicted octanol–water partition coefficient (Wildman–Crippen LogP) is 5.79. The van der Waals surface area contributed by atoms with Crippen molar-refractivity contribution < 1.29 is 19.4 Å². The van der Waals surface area contributed by atoms with E-state index in [1.165, 1.54) is 30.6 Å². The molecule has 0 bridgehead atoms. The molecule has 2 aromatic rings. The van der Waals surface area contributed by atoms with Gasteiger partial charge < -0.3 is 10.2 Å². The first kappa shape index (κ1) is 18.9. The summed E-state index contributed by atoms with van der Waals surface area (Å²) in [5.74, 6) is -1.26.